The Labute approximate surface area is 143 Å². The van der Waals surface area contributed by atoms with Crippen molar-refractivity contribution in [1.82, 2.24) is 14.8 Å². The summed E-state index contributed by atoms with van der Waals surface area (Å²) in [5.74, 6) is 0.455. The number of ether oxygens (including phenoxy) is 1. The van der Waals surface area contributed by atoms with Crippen LogP contribution in [0.25, 0.3) is 0 Å². The fraction of sp³-hybridized carbons (Fsp3) is 0.412. The molecule has 0 aliphatic carbocycles. The van der Waals surface area contributed by atoms with Gasteiger partial charge in [0.15, 0.2) is 11.6 Å². The third-order valence-corrected chi connectivity index (χ3v) is 5.47. The number of hydrogen-bond acceptors (Lipinski definition) is 5. The number of thiazole rings is 1. The van der Waals surface area contributed by atoms with Crippen LogP contribution in [0.1, 0.15) is 16.1 Å². The van der Waals surface area contributed by atoms with E-state index in [9.17, 15) is 9.18 Å². The molecule has 0 saturated carbocycles. The smallest absolute Gasteiger partial charge is 0.273 e. The van der Waals surface area contributed by atoms with Crippen LogP contribution < -0.4 is 4.74 Å². The molecule has 1 amide bonds. The van der Waals surface area contributed by atoms with Crippen LogP contribution in [0.5, 0.6) is 5.75 Å². The molecule has 2 unspecified atom stereocenters. The van der Waals surface area contributed by atoms with Crippen molar-refractivity contribution in [2.45, 2.75) is 12.6 Å². The minimum Gasteiger partial charge on any atom is -0.494 e. The molecule has 2 saturated heterocycles. The summed E-state index contributed by atoms with van der Waals surface area (Å²) in [5, 5.41) is 1.79. The lowest BCUT2D eigenvalue weighted by Gasteiger charge is -2.43. The van der Waals surface area contributed by atoms with Gasteiger partial charge in [-0.2, -0.15) is 0 Å². The molecule has 24 heavy (non-hydrogen) atoms. The van der Waals surface area contributed by atoms with E-state index in [4.69, 9.17) is 4.74 Å². The first-order valence-corrected chi connectivity index (χ1v) is 8.84. The second kappa shape index (κ2) is 6.14. The number of nitrogens with zero attached hydrogens (tertiary/aromatic N) is 3. The molecular weight excluding hydrogens is 329 g/mol. The predicted octanol–water partition coefficient (Wildman–Crippen LogP) is 2.25. The maximum Gasteiger partial charge on any atom is 0.273 e. The van der Waals surface area contributed by atoms with E-state index < -0.39 is 0 Å². The Bertz CT molecular complexity index is 752. The molecule has 2 aromatic rings. The Kier molecular flexibility index (Phi) is 3.97. The summed E-state index contributed by atoms with van der Waals surface area (Å²) >= 11 is 1.44. The van der Waals surface area contributed by atoms with Gasteiger partial charge in [0.1, 0.15) is 5.69 Å². The van der Waals surface area contributed by atoms with Gasteiger partial charge in [-0.1, -0.05) is 6.07 Å². The molecule has 1 aromatic carbocycles. The largest absolute Gasteiger partial charge is 0.494 e. The SMILES string of the molecule is COc1ccc(CN2CC3CN(C(=O)c4cscn4)CC32)cc1F. The third kappa shape index (κ3) is 2.67. The lowest BCUT2D eigenvalue weighted by molar-refractivity contribution is 0.0432. The second-order valence-electron chi connectivity index (χ2n) is 6.31. The molecule has 3 heterocycles. The molecule has 0 bridgehead atoms. The Morgan fingerprint density at radius 2 is 2.29 bits per heavy atom. The number of hydrogen-bond donors (Lipinski definition) is 0. The van der Waals surface area contributed by atoms with Gasteiger partial charge in [0.2, 0.25) is 0 Å². The van der Waals surface area contributed by atoms with E-state index in [1.165, 1.54) is 24.5 Å². The molecule has 0 radical (unpaired) electrons. The van der Waals surface area contributed by atoms with Crippen LogP contribution in [-0.4, -0.2) is 53.5 Å². The monoisotopic (exact) mass is 347 g/mol. The summed E-state index contributed by atoms with van der Waals surface area (Å²) < 4.78 is 18.8. The number of likely N-dealkylation sites (tertiary alicyclic amines) is 2. The third-order valence-electron chi connectivity index (χ3n) is 4.89. The van der Waals surface area contributed by atoms with Crippen molar-refractivity contribution in [3.63, 3.8) is 0 Å². The zero-order valence-corrected chi connectivity index (χ0v) is 14.1. The molecule has 2 fully saturated rings. The van der Waals surface area contributed by atoms with E-state index in [1.54, 1.807) is 17.0 Å². The molecule has 2 atom stereocenters. The highest BCUT2D eigenvalue weighted by Crippen LogP contribution is 2.34. The molecule has 7 heteroatoms. The summed E-state index contributed by atoms with van der Waals surface area (Å²) in [4.78, 5) is 20.7. The first-order valence-electron chi connectivity index (χ1n) is 7.89. The first kappa shape index (κ1) is 15.5. The van der Waals surface area contributed by atoms with Crippen LogP contribution in [0.15, 0.2) is 29.1 Å². The van der Waals surface area contributed by atoms with Gasteiger partial charge in [0.25, 0.3) is 5.91 Å². The minimum absolute atomic E-state index is 0.0149. The van der Waals surface area contributed by atoms with Crippen molar-refractivity contribution >= 4 is 17.2 Å². The summed E-state index contributed by atoms with van der Waals surface area (Å²) in [7, 11) is 1.46. The van der Waals surface area contributed by atoms with Gasteiger partial charge < -0.3 is 9.64 Å². The molecular formula is C17H18FN3O2S. The van der Waals surface area contributed by atoms with Gasteiger partial charge >= 0.3 is 0 Å². The van der Waals surface area contributed by atoms with Crippen molar-refractivity contribution < 1.29 is 13.9 Å². The van der Waals surface area contributed by atoms with Gasteiger partial charge in [-0.15, -0.1) is 11.3 Å². The highest BCUT2D eigenvalue weighted by Gasteiger charge is 2.46. The minimum atomic E-state index is -0.334. The van der Waals surface area contributed by atoms with Gasteiger partial charge in [-0.05, 0) is 17.7 Å². The zero-order valence-electron chi connectivity index (χ0n) is 13.3. The average Bonchev–Trinajstić information content (AvgIpc) is 3.20. The van der Waals surface area contributed by atoms with E-state index >= 15 is 0 Å². The number of methoxy groups -OCH3 is 1. The van der Waals surface area contributed by atoms with Gasteiger partial charge in [0.05, 0.1) is 12.6 Å². The summed E-state index contributed by atoms with van der Waals surface area (Å²) in [6, 6.07) is 5.44. The van der Waals surface area contributed by atoms with Crippen LogP contribution in [-0.2, 0) is 6.54 Å². The highest BCUT2D eigenvalue weighted by molar-refractivity contribution is 7.07. The Hall–Kier alpha value is -1.99. The fourth-order valence-corrected chi connectivity index (χ4v) is 4.14. The Morgan fingerprint density at radius 1 is 1.42 bits per heavy atom. The molecule has 0 spiro atoms. The van der Waals surface area contributed by atoms with E-state index in [-0.39, 0.29) is 17.5 Å². The number of rotatable bonds is 4. The number of carbonyl (C=O) groups excluding carboxylic acids is 1. The molecule has 2 aliphatic heterocycles. The van der Waals surface area contributed by atoms with Gasteiger partial charge in [0, 0.05) is 43.5 Å². The lowest BCUT2D eigenvalue weighted by atomic mass is 9.91. The topological polar surface area (TPSA) is 45.7 Å². The van der Waals surface area contributed by atoms with Crippen molar-refractivity contribution in [3.8, 4) is 5.75 Å². The van der Waals surface area contributed by atoms with E-state index in [2.05, 4.69) is 9.88 Å². The lowest BCUT2D eigenvalue weighted by Crippen LogP contribution is -2.54. The van der Waals surface area contributed by atoms with Crippen molar-refractivity contribution in [2.24, 2.45) is 5.92 Å². The predicted molar refractivity (Wildman–Crippen MR) is 88.7 cm³/mol. The first-order chi connectivity index (χ1) is 11.7. The number of fused-ring (bicyclic) bond motifs is 1. The van der Waals surface area contributed by atoms with Crippen molar-refractivity contribution in [3.05, 3.63) is 46.2 Å². The average molecular weight is 347 g/mol. The second-order valence-corrected chi connectivity index (χ2v) is 7.03. The Balaban J connectivity index is 1.39. The summed E-state index contributed by atoms with van der Waals surface area (Å²) in [6.07, 6.45) is 0. The van der Waals surface area contributed by atoms with Crippen LogP contribution in [0.2, 0.25) is 0 Å². The van der Waals surface area contributed by atoms with Crippen molar-refractivity contribution in [1.29, 1.82) is 0 Å². The molecule has 0 N–H and O–H groups in total. The summed E-state index contributed by atoms with van der Waals surface area (Å²) in [6.45, 7) is 3.15. The molecule has 2 aliphatic rings. The van der Waals surface area contributed by atoms with E-state index in [0.29, 0.717) is 24.2 Å². The van der Waals surface area contributed by atoms with Gasteiger partial charge in [-0.25, -0.2) is 9.37 Å². The molecule has 5 nitrogen and oxygen atoms in total. The van der Waals surface area contributed by atoms with Crippen LogP contribution in [0, 0.1) is 11.7 Å². The van der Waals surface area contributed by atoms with E-state index in [1.807, 2.05) is 11.0 Å². The number of halogens is 1. The van der Waals surface area contributed by atoms with Crippen LogP contribution in [0.3, 0.4) is 0 Å². The normalized spacial score (nSPS) is 23.0. The number of benzene rings is 1. The van der Waals surface area contributed by atoms with Gasteiger partial charge in [-0.3, -0.25) is 9.69 Å². The van der Waals surface area contributed by atoms with Crippen LogP contribution in [0.4, 0.5) is 4.39 Å². The van der Waals surface area contributed by atoms with Crippen LogP contribution >= 0.6 is 11.3 Å². The number of aromatic nitrogens is 1. The number of carbonyl (C=O) groups is 1. The maximum absolute atomic E-state index is 13.8. The standard InChI is InChI=1S/C17H18FN3O2S/c1-23-16-3-2-11(4-13(16)18)5-20-6-12-7-21(8-15(12)20)17(22)14-9-24-10-19-14/h2-4,9-10,12,15H,5-8H2,1H3. The van der Waals surface area contributed by atoms with E-state index in [0.717, 1.165) is 25.2 Å². The Morgan fingerprint density at radius 3 is 3.00 bits per heavy atom. The maximum atomic E-state index is 13.8. The highest BCUT2D eigenvalue weighted by atomic mass is 32.1. The molecule has 4 rings (SSSR count). The number of amides is 1. The molecule has 126 valence electrons. The quantitative estimate of drug-likeness (QED) is 0.851. The zero-order chi connectivity index (χ0) is 16.7. The molecule has 1 aromatic heterocycles. The fourth-order valence-electron chi connectivity index (χ4n) is 3.62. The summed E-state index contributed by atoms with van der Waals surface area (Å²) in [5.41, 5.74) is 3.14. The van der Waals surface area contributed by atoms with Crippen molar-refractivity contribution in [2.75, 3.05) is 26.7 Å².